The first kappa shape index (κ1) is 9.00. The molecule has 0 spiro atoms. The number of cyclic esters (lactones) is 1. The van der Waals surface area contributed by atoms with Gasteiger partial charge in [0, 0.05) is 6.04 Å². The molecule has 2 heterocycles. The molecule has 0 aromatic heterocycles. The van der Waals surface area contributed by atoms with Gasteiger partial charge >= 0.3 is 5.97 Å². The number of nitrogens with one attached hydrogen (secondary N) is 1. The number of rotatable bonds is 2. The molecule has 2 rings (SSSR count). The van der Waals surface area contributed by atoms with Gasteiger partial charge in [-0.25, -0.2) is 0 Å². The summed E-state index contributed by atoms with van der Waals surface area (Å²) < 4.78 is 5.03. The van der Waals surface area contributed by atoms with Crippen LogP contribution in [0.2, 0.25) is 0 Å². The molecular weight excluding hydrogens is 166 g/mol. The Morgan fingerprint density at radius 2 is 2.31 bits per heavy atom. The second-order valence-corrected chi connectivity index (χ2v) is 4.04. The normalized spacial score (nSPS) is 34.6. The summed E-state index contributed by atoms with van der Waals surface area (Å²) in [5, 5.41) is 3.42. The fourth-order valence-corrected chi connectivity index (χ4v) is 2.25. The Balaban J connectivity index is 1.81. The van der Waals surface area contributed by atoms with E-state index in [0.29, 0.717) is 12.6 Å². The van der Waals surface area contributed by atoms with Crippen molar-refractivity contribution in [3.8, 4) is 0 Å². The number of esters is 1. The maximum absolute atomic E-state index is 11.3. The molecule has 0 unspecified atom stereocenters. The molecular formula is C10H17NO2. The van der Waals surface area contributed by atoms with Gasteiger partial charge in [-0.2, -0.15) is 0 Å². The Kier molecular flexibility index (Phi) is 2.83. The van der Waals surface area contributed by atoms with Gasteiger partial charge in [-0.3, -0.25) is 4.79 Å². The van der Waals surface area contributed by atoms with Crippen LogP contribution < -0.4 is 5.32 Å². The van der Waals surface area contributed by atoms with E-state index in [1.54, 1.807) is 0 Å². The average Bonchev–Trinajstić information content (AvgIpc) is 2.61. The van der Waals surface area contributed by atoms with Crippen molar-refractivity contribution in [2.45, 2.75) is 38.1 Å². The highest BCUT2D eigenvalue weighted by Gasteiger charge is 2.28. The Bertz CT molecular complexity index is 187. The van der Waals surface area contributed by atoms with Gasteiger partial charge in [0.2, 0.25) is 0 Å². The maximum atomic E-state index is 11.3. The average molecular weight is 183 g/mol. The lowest BCUT2D eigenvalue weighted by molar-refractivity contribution is -0.153. The van der Waals surface area contributed by atoms with Crippen molar-refractivity contribution in [1.82, 2.24) is 5.32 Å². The van der Waals surface area contributed by atoms with E-state index in [1.807, 2.05) is 0 Å². The van der Waals surface area contributed by atoms with Crippen LogP contribution in [0.4, 0.5) is 0 Å². The molecule has 2 atom stereocenters. The number of hydrogen-bond acceptors (Lipinski definition) is 3. The van der Waals surface area contributed by atoms with E-state index >= 15 is 0 Å². The quantitative estimate of drug-likeness (QED) is 0.651. The zero-order chi connectivity index (χ0) is 9.10. The molecule has 2 saturated heterocycles. The van der Waals surface area contributed by atoms with Gasteiger partial charge in [0.15, 0.2) is 0 Å². The number of carbonyl (C=O) groups excluding carboxylic acids is 1. The van der Waals surface area contributed by atoms with E-state index < -0.39 is 0 Å². The van der Waals surface area contributed by atoms with Crippen LogP contribution in [0, 0.1) is 5.92 Å². The summed E-state index contributed by atoms with van der Waals surface area (Å²) in [6.07, 6.45) is 5.54. The van der Waals surface area contributed by atoms with Crippen LogP contribution in [0.25, 0.3) is 0 Å². The monoisotopic (exact) mass is 183 g/mol. The van der Waals surface area contributed by atoms with E-state index in [0.717, 1.165) is 25.8 Å². The summed E-state index contributed by atoms with van der Waals surface area (Å²) in [5.74, 6) is 0.198. The van der Waals surface area contributed by atoms with Gasteiger partial charge in [-0.05, 0) is 38.6 Å². The van der Waals surface area contributed by atoms with Gasteiger partial charge in [0.25, 0.3) is 0 Å². The van der Waals surface area contributed by atoms with Crippen molar-refractivity contribution in [1.29, 1.82) is 0 Å². The topological polar surface area (TPSA) is 38.3 Å². The summed E-state index contributed by atoms with van der Waals surface area (Å²) >= 11 is 0. The largest absolute Gasteiger partial charge is 0.465 e. The van der Waals surface area contributed by atoms with Gasteiger partial charge < -0.3 is 10.1 Å². The summed E-state index contributed by atoms with van der Waals surface area (Å²) in [7, 11) is 0. The molecule has 74 valence electrons. The molecule has 2 aliphatic rings. The molecule has 3 heteroatoms. The minimum atomic E-state index is 0.0277. The molecule has 0 bridgehead atoms. The zero-order valence-corrected chi connectivity index (χ0v) is 7.92. The second-order valence-electron chi connectivity index (χ2n) is 4.04. The minimum Gasteiger partial charge on any atom is -0.465 e. The van der Waals surface area contributed by atoms with Crippen molar-refractivity contribution >= 4 is 5.97 Å². The Hall–Kier alpha value is -0.570. The summed E-state index contributed by atoms with van der Waals surface area (Å²) in [5.41, 5.74) is 0. The molecule has 13 heavy (non-hydrogen) atoms. The van der Waals surface area contributed by atoms with Crippen LogP contribution in [0.3, 0.4) is 0 Å². The predicted octanol–water partition coefficient (Wildman–Crippen LogP) is 1.08. The third-order valence-corrected chi connectivity index (χ3v) is 3.01. The minimum absolute atomic E-state index is 0.0277. The second kappa shape index (κ2) is 4.09. The molecule has 0 aromatic rings. The van der Waals surface area contributed by atoms with E-state index in [2.05, 4.69) is 5.32 Å². The molecule has 0 aromatic carbocycles. The molecule has 0 saturated carbocycles. The van der Waals surface area contributed by atoms with E-state index in [4.69, 9.17) is 4.74 Å². The maximum Gasteiger partial charge on any atom is 0.308 e. The van der Waals surface area contributed by atoms with Crippen LogP contribution in [0.15, 0.2) is 0 Å². The summed E-state index contributed by atoms with van der Waals surface area (Å²) in [6.45, 7) is 1.75. The van der Waals surface area contributed by atoms with Gasteiger partial charge in [0.05, 0.1) is 12.5 Å². The van der Waals surface area contributed by atoms with E-state index in [9.17, 15) is 4.79 Å². The summed E-state index contributed by atoms with van der Waals surface area (Å²) in [4.78, 5) is 11.3. The molecule has 1 N–H and O–H groups in total. The van der Waals surface area contributed by atoms with Gasteiger partial charge in [-0.1, -0.05) is 0 Å². The lowest BCUT2D eigenvalue weighted by atomic mass is 9.93. The fourth-order valence-electron chi connectivity index (χ4n) is 2.25. The number of ether oxygens (including phenoxy) is 1. The Morgan fingerprint density at radius 1 is 1.38 bits per heavy atom. The third-order valence-electron chi connectivity index (χ3n) is 3.01. The third kappa shape index (κ3) is 2.21. The zero-order valence-electron chi connectivity index (χ0n) is 7.92. The smallest absolute Gasteiger partial charge is 0.308 e. The fraction of sp³-hybridized carbons (Fsp3) is 0.900. The van der Waals surface area contributed by atoms with Crippen molar-refractivity contribution in [2.24, 2.45) is 5.92 Å². The predicted molar refractivity (Wildman–Crippen MR) is 49.3 cm³/mol. The molecule has 2 aliphatic heterocycles. The first-order chi connectivity index (χ1) is 6.36. The van der Waals surface area contributed by atoms with Crippen LogP contribution >= 0.6 is 0 Å². The Labute approximate surface area is 78.8 Å². The van der Waals surface area contributed by atoms with Gasteiger partial charge in [-0.15, -0.1) is 0 Å². The number of carbonyl (C=O) groups is 1. The lowest BCUT2D eigenvalue weighted by Crippen LogP contribution is -2.31. The molecule has 0 radical (unpaired) electrons. The first-order valence-electron chi connectivity index (χ1n) is 5.26. The SMILES string of the molecule is O=C1OCCC[C@@H]1C[C@@H]1CCCN1. The highest BCUT2D eigenvalue weighted by atomic mass is 16.5. The van der Waals surface area contributed by atoms with E-state index in [1.165, 1.54) is 12.8 Å². The molecule has 3 nitrogen and oxygen atoms in total. The van der Waals surface area contributed by atoms with Crippen LogP contribution in [-0.4, -0.2) is 25.2 Å². The highest BCUT2D eigenvalue weighted by Crippen LogP contribution is 2.23. The van der Waals surface area contributed by atoms with Crippen molar-refractivity contribution in [2.75, 3.05) is 13.2 Å². The van der Waals surface area contributed by atoms with Gasteiger partial charge in [0.1, 0.15) is 0 Å². The standard InChI is InChI=1S/C10H17NO2/c12-10-8(3-2-6-13-10)7-9-4-1-5-11-9/h8-9,11H,1-7H2/t8-,9+/m1/s1. The lowest BCUT2D eigenvalue weighted by Gasteiger charge is -2.23. The molecule has 2 fully saturated rings. The first-order valence-corrected chi connectivity index (χ1v) is 5.26. The summed E-state index contributed by atoms with van der Waals surface area (Å²) in [6, 6.07) is 0.565. The Morgan fingerprint density at radius 3 is 3.00 bits per heavy atom. The molecule has 0 aliphatic carbocycles. The van der Waals surface area contributed by atoms with E-state index in [-0.39, 0.29) is 11.9 Å². The van der Waals surface area contributed by atoms with Crippen LogP contribution in [0.5, 0.6) is 0 Å². The van der Waals surface area contributed by atoms with Crippen LogP contribution in [0.1, 0.15) is 32.1 Å². The van der Waals surface area contributed by atoms with Crippen molar-refractivity contribution in [3.05, 3.63) is 0 Å². The number of hydrogen-bond donors (Lipinski definition) is 1. The van der Waals surface area contributed by atoms with Crippen molar-refractivity contribution in [3.63, 3.8) is 0 Å². The van der Waals surface area contributed by atoms with Crippen molar-refractivity contribution < 1.29 is 9.53 Å². The highest BCUT2D eigenvalue weighted by molar-refractivity contribution is 5.73. The molecule has 0 amide bonds. The van der Waals surface area contributed by atoms with Crippen LogP contribution in [-0.2, 0) is 9.53 Å².